The zero-order valence-electron chi connectivity index (χ0n) is 9.17. The molecule has 0 aliphatic rings. The number of unbranched alkanes of at least 4 members (excludes halogenated alkanes) is 2. The summed E-state index contributed by atoms with van der Waals surface area (Å²) in [7, 11) is 0. The molecule has 0 fully saturated rings. The minimum Gasteiger partial charge on any atom is -0.352 e. The van der Waals surface area contributed by atoms with Gasteiger partial charge in [-0.3, -0.25) is 4.79 Å². The van der Waals surface area contributed by atoms with E-state index >= 15 is 0 Å². The fourth-order valence-electron chi connectivity index (χ4n) is 1.30. The fourth-order valence-corrected chi connectivity index (χ4v) is 2.16. The Labute approximate surface area is 114 Å². The number of halogens is 2. The van der Waals surface area contributed by atoms with Gasteiger partial charge in [0, 0.05) is 22.5 Å². The molecule has 90 valence electrons. The SMILES string of the molecule is N#CCCCCNC(=O)c1ccc(Cl)cc1Br. The number of carbonyl (C=O) groups is 1. The highest BCUT2D eigenvalue weighted by Crippen LogP contribution is 2.21. The Morgan fingerprint density at radius 1 is 1.47 bits per heavy atom. The minimum atomic E-state index is -0.134. The molecule has 1 aromatic rings. The van der Waals surface area contributed by atoms with Crippen LogP contribution in [0.4, 0.5) is 0 Å². The molecule has 5 heteroatoms. The number of amides is 1. The van der Waals surface area contributed by atoms with Crippen molar-refractivity contribution in [1.82, 2.24) is 5.32 Å². The second kappa shape index (κ2) is 7.31. The van der Waals surface area contributed by atoms with Crippen LogP contribution >= 0.6 is 27.5 Å². The van der Waals surface area contributed by atoms with Gasteiger partial charge in [-0.2, -0.15) is 5.26 Å². The molecular formula is C12H12BrClN2O. The topological polar surface area (TPSA) is 52.9 Å². The first kappa shape index (κ1) is 14.0. The Morgan fingerprint density at radius 2 is 2.24 bits per heavy atom. The summed E-state index contributed by atoms with van der Waals surface area (Å²) in [5.41, 5.74) is 0.565. The van der Waals surface area contributed by atoms with Crippen molar-refractivity contribution in [2.45, 2.75) is 19.3 Å². The standard InChI is InChI=1S/C12H12BrClN2O/c13-11-8-9(14)4-5-10(11)12(17)16-7-3-1-2-6-15/h4-5,8H,1-3,7H2,(H,16,17). The molecule has 0 saturated carbocycles. The molecule has 1 aromatic carbocycles. The van der Waals surface area contributed by atoms with E-state index in [1.807, 2.05) is 0 Å². The number of benzene rings is 1. The summed E-state index contributed by atoms with van der Waals surface area (Å²) >= 11 is 9.08. The number of carbonyl (C=O) groups excluding carboxylic acids is 1. The van der Waals surface area contributed by atoms with Crippen LogP contribution in [0.15, 0.2) is 22.7 Å². The zero-order valence-corrected chi connectivity index (χ0v) is 11.5. The van der Waals surface area contributed by atoms with E-state index in [0.29, 0.717) is 28.0 Å². The van der Waals surface area contributed by atoms with E-state index in [2.05, 4.69) is 27.3 Å². The molecule has 17 heavy (non-hydrogen) atoms. The van der Waals surface area contributed by atoms with Gasteiger partial charge >= 0.3 is 0 Å². The monoisotopic (exact) mass is 314 g/mol. The molecule has 0 bridgehead atoms. The first-order chi connectivity index (χ1) is 8.15. The summed E-state index contributed by atoms with van der Waals surface area (Å²) in [5.74, 6) is -0.134. The van der Waals surface area contributed by atoms with Gasteiger partial charge in [-0.05, 0) is 47.0 Å². The maximum absolute atomic E-state index is 11.8. The van der Waals surface area contributed by atoms with Crippen molar-refractivity contribution in [2.24, 2.45) is 0 Å². The van der Waals surface area contributed by atoms with Gasteiger partial charge < -0.3 is 5.32 Å². The number of hydrogen-bond donors (Lipinski definition) is 1. The molecular weight excluding hydrogens is 304 g/mol. The summed E-state index contributed by atoms with van der Waals surface area (Å²) in [6.07, 6.45) is 2.14. The van der Waals surface area contributed by atoms with Crippen molar-refractivity contribution < 1.29 is 4.79 Å². The summed E-state index contributed by atoms with van der Waals surface area (Å²) in [4.78, 5) is 11.8. The van der Waals surface area contributed by atoms with E-state index in [4.69, 9.17) is 16.9 Å². The Morgan fingerprint density at radius 3 is 2.88 bits per heavy atom. The van der Waals surface area contributed by atoms with E-state index in [1.54, 1.807) is 18.2 Å². The first-order valence-corrected chi connectivity index (χ1v) is 6.42. The van der Waals surface area contributed by atoms with Crippen LogP contribution in [0.1, 0.15) is 29.6 Å². The maximum Gasteiger partial charge on any atom is 0.252 e. The number of nitrogens with one attached hydrogen (secondary N) is 1. The molecule has 1 amide bonds. The van der Waals surface area contributed by atoms with Crippen molar-refractivity contribution in [3.05, 3.63) is 33.3 Å². The second-order valence-electron chi connectivity index (χ2n) is 3.50. The lowest BCUT2D eigenvalue weighted by Gasteiger charge is -2.06. The van der Waals surface area contributed by atoms with Crippen LogP contribution in [0.3, 0.4) is 0 Å². The molecule has 0 aromatic heterocycles. The van der Waals surface area contributed by atoms with E-state index in [1.165, 1.54) is 0 Å². The Hall–Kier alpha value is -1.05. The smallest absolute Gasteiger partial charge is 0.252 e. The van der Waals surface area contributed by atoms with Gasteiger partial charge in [0.25, 0.3) is 5.91 Å². The Kier molecular flexibility index (Phi) is 6.03. The highest BCUT2D eigenvalue weighted by molar-refractivity contribution is 9.10. The van der Waals surface area contributed by atoms with Crippen LogP contribution in [-0.4, -0.2) is 12.5 Å². The van der Waals surface area contributed by atoms with Crippen molar-refractivity contribution >= 4 is 33.4 Å². The van der Waals surface area contributed by atoms with E-state index in [0.717, 1.165) is 12.8 Å². The van der Waals surface area contributed by atoms with Crippen molar-refractivity contribution in [1.29, 1.82) is 5.26 Å². The van der Waals surface area contributed by atoms with Crippen molar-refractivity contribution in [3.8, 4) is 6.07 Å². The summed E-state index contributed by atoms with van der Waals surface area (Å²) in [6.45, 7) is 0.579. The van der Waals surface area contributed by atoms with Crippen LogP contribution in [0.2, 0.25) is 5.02 Å². The largest absolute Gasteiger partial charge is 0.352 e. The molecule has 0 spiro atoms. The number of nitriles is 1. The van der Waals surface area contributed by atoms with E-state index in [-0.39, 0.29) is 5.91 Å². The molecule has 0 radical (unpaired) electrons. The molecule has 0 unspecified atom stereocenters. The fraction of sp³-hybridized carbons (Fsp3) is 0.333. The van der Waals surface area contributed by atoms with Gasteiger partial charge in [0.1, 0.15) is 0 Å². The lowest BCUT2D eigenvalue weighted by Crippen LogP contribution is -2.24. The normalized spacial score (nSPS) is 9.71. The minimum absolute atomic E-state index is 0.134. The lowest BCUT2D eigenvalue weighted by atomic mass is 10.2. The van der Waals surface area contributed by atoms with Gasteiger partial charge in [0.15, 0.2) is 0 Å². The average molecular weight is 316 g/mol. The number of nitrogens with zero attached hydrogens (tertiary/aromatic N) is 1. The first-order valence-electron chi connectivity index (χ1n) is 5.25. The quantitative estimate of drug-likeness (QED) is 0.845. The van der Waals surface area contributed by atoms with Crippen LogP contribution < -0.4 is 5.32 Å². The predicted molar refractivity (Wildman–Crippen MR) is 70.9 cm³/mol. The molecule has 1 N–H and O–H groups in total. The molecule has 0 aliphatic carbocycles. The van der Waals surface area contributed by atoms with Crippen LogP contribution in [0.25, 0.3) is 0 Å². The van der Waals surface area contributed by atoms with E-state index < -0.39 is 0 Å². The molecule has 0 saturated heterocycles. The average Bonchev–Trinajstić information content (AvgIpc) is 2.28. The van der Waals surface area contributed by atoms with Crippen molar-refractivity contribution in [2.75, 3.05) is 6.54 Å². The highest BCUT2D eigenvalue weighted by Gasteiger charge is 2.09. The van der Waals surface area contributed by atoms with Crippen LogP contribution in [0.5, 0.6) is 0 Å². The second-order valence-corrected chi connectivity index (χ2v) is 4.79. The van der Waals surface area contributed by atoms with E-state index in [9.17, 15) is 4.79 Å². The molecule has 3 nitrogen and oxygen atoms in total. The molecule has 0 atom stereocenters. The zero-order chi connectivity index (χ0) is 12.7. The Balaban J connectivity index is 2.45. The van der Waals surface area contributed by atoms with Gasteiger partial charge in [-0.15, -0.1) is 0 Å². The highest BCUT2D eigenvalue weighted by atomic mass is 79.9. The third-order valence-electron chi connectivity index (χ3n) is 2.18. The molecule has 0 aliphatic heterocycles. The predicted octanol–water partition coefficient (Wildman–Crippen LogP) is 3.53. The molecule has 0 heterocycles. The van der Waals surface area contributed by atoms with Gasteiger partial charge in [0.05, 0.1) is 11.6 Å². The van der Waals surface area contributed by atoms with Crippen LogP contribution in [-0.2, 0) is 0 Å². The van der Waals surface area contributed by atoms with Gasteiger partial charge in [0.2, 0.25) is 0 Å². The number of rotatable bonds is 5. The van der Waals surface area contributed by atoms with Gasteiger partial charge in [-0.1, -0.05) is 11.6 Å². The summed E-state index contributed by atoms with van der Waals surface area (Å²) in [5, 5.41) is 11.7. The summed E-state index contributed by atoms with van der Waals surface area (Å²) < 4.78 is 0.680. The lowest BCUT2D eigenvalue weighted by molar-refractivity contribution is 0.0952. The summed E-state index contributed by atoms with van der Waals surface area (Å²) in [6, 6.07) is 7.11. The maximum atomic E-state index is 11.8. The number of hydrogen-bond acceptors (Lipinski definition) is 2. The van der Waals surface area contributed by atoms with Gasteiger partial charge in [-0.25, -0.2) is 0 Å². The van der Waals surface area contributed by atoms with Crippen LogP contribution in [0, 0.1) is 11.3 Å². The molecule has 1 rings (SSSR count). The third-order valence-corrected chi connectivity index (χ3v) is 3.07. The Bertz CT molecular complexity index is 443. The third kappa shape index (κ3) is 4.76. The van der Waals surface area contributed by atoms with Crippen molar-refractivity contribution in [3.63, 3.8) is 0 Å².